The number of hydrogen-bond acceptors (Lipinski definition) is 2. The fourth-order valence-electron chi connectivity index (χ4n) is 3.14. The number of fused-ring (bicyclic) bond motifs is 2. The molecule has 4 rings (SSSR count). The van der Waals surface area contributed by atoms with Gasteiger partial charge in [0.1, 0.15) is 0 Å². The van der Waals surface area contributed by atoms with Crippen molar-refractivity contribution in [1.29, 1.82) is 0 Å². The average Bonchev–Trinajstić information content (AvgIpc) is 3.01. The molecule has 0 fully saturated rings. The van der Waals surface area contributed by atoms with Crippen molar-refractivity contribution in [1.82, 2.24) is 14.1 Å². The molecule has 2 aromatic heterocycles. The van der Waals surface area contributed by atoms with E-state index in [1.807, 2.05) is 18.3 Å². The maximum Gasteiger partial charge on any atom is 0.328 e. The highest BCUT2D eigenvalue weighted by Gasteiger charge is 2.07. The molecule has 0 radical (unpaired) electrons. The van der Waals surface area contributed by atoms with E-state index in [2.05, 4.69) is 27.8 Å². The minimum atomic E-state index is -0.351. The zero-order valence-electron chi connectivity index (χ0n) is 13.1. The molecular weight excluding hydrogens is 302 g/mol. The Balaban J connectivity index is 1.59. The minimum absolute atomic E-state index is 0.230. The van der Waals surface area contributed by atoms with Crippen molar-refractivity contribution in [3.05, 3.63) is 81.6 Å². The van der Waals surface area contributed by atoms with Crippen LogP contribution in [0.2, 0.25) is 0 Å². The van der Waals surface area contributed by atoms with Crippen LogP contribution in [-0.4, -0.2) is 14.1 Å². The van der Waals surface area contributed by atoms with Crippen LogP contribution in [0.5, 0.6) is 0 Å². The third-order valence-corrected chi connectivity index (χ3v) is 4.35. The topological polar surface area (TPSA) is 59.8 Å². The van der Waals surface area contributed by atoms with Crippen molar-refractivity contribution in [2.45, 2.75) is 19.5 Å². The molecule has 1 N–H and O–H groups in total. The summed E-state index contributed by atoms with van der Waals surface area (Å²) < 4.78 is 3.43. The molecule has 0 unspecified atom stereocenters. The fraction of sp³-hybridized carbons (Fsp3) is 0.158. The van der Waals surface area contributed by atoms with E-state index in [-0.39, 0.29) is 11.2 Å². The van der Waals surface area contributed by atoms with E-state index in [1.54, 1.807) is 24.3 Å². The second kappa shape index (κ2) is 5.85. The van der Waals surface area contributed by atoms with Crippen LogP contribution in [0.4, 0.5) is 0 Å². The van der Waals surface area contributed by atoms with E-state index >= 15 is 0 Å². The van der Waals surface area contributed by atoms with Gasteiger partial charge in [0.05, 0.1) is 10.9 Å². The van der Waals surface area contributed by atoms with Crippen molar-refractivity contribution in [3.63, 3.8) is 0 Å². The number of aromatic nitrogens is 3. The van der Waals surface area contributed by atoms with Gasteiger partial charge >= 0.3 is 5.69 Å². The predicted octanol–water partition coefficient (Wildman–Crippen LogP) is 2.73. The van der Waals surface area contributed by atoms with E-state index < -0.39 is 0 Å². The second-order valence-electron chi connectivity index (χ2n) is 5.85. The number of aromatic amines is 1. The Morgan fingerprint density at radius 1 is 0.875 bits per heavy atom. The number of aryl methyl sites for hydroxylation is 1. The normalized spacial score (nSPS) is 11.3. The first kappa shape index (κ1) is 14.5. The van der Waals surface area contributed by atoms with Crippen LogP contribution in [0, 0.1) is 0 Å². The maximum atomic E-state index is 12.5. The quantitative estimate of drug-likeness (QED) is 0.629. The Morgan fingerprint density at radius 2 is 1.67 bits per heavy atom. The van der Waals surface area contributed by atoms with Gasteiger partial charge in [-0.25, -0.2) is 4.79 Å². The monoisotopic (exact) mass is 319 g/mol. The second-order valence-corrected chi connectivity index (χ2v) is 5.85. The summed E-state index contributed by atoms with van der Waals surface area (Å²) in [5, 5.41) is 1.74. The Bertz CT molecular complexity index is 1130. The van der Waals surface area contributed by atoms with Gasteiger partial charge in [-0.2, -0.15) is 0 Å². The molecule has 0 aliphatic heterocycles. The molecule has 2 heterocycles. The summed E-state index contributed by atoms with van der Waals surface area (Å²) in [6.45, 7) is 1.15. The molecule has 0 aliphatic rings. The largest absolute Gasteiger partial charge is 0.347 e. The van der Waals surface area contributed by atoms with Crippen LogP contribution < -0.4 is 11.2 Å². The number of nitrogens with one attached hydrogen (secondary N) is 1. The lowest BCUT2D eigenvalue weighted by Gasteiger charge is -2.08. The molecule has 0 atom stereocenters. The Kier molecular flexibility index (Phi) is 3.54. The Morgan fingerprint density at radius 3 is 2.58 bits per heavy atom. The molecule has 0 saturated heterocycles. The zero-order valence-corrected chi connectivity index (χ0v) is 13.1. The molecule has 0 amide bonds. The van der Waals surface area contributed by atoms with Gasteiger partial charge in [-0.05, 0) is 36.1 Å². The average molecular weight is 319 g/mol. The standard InChI is InChI=1S/C19H17N3O2/c23-18-15-7-2-3-8-16(15)20-19(24)22(18)12-5-11-21-13-10-14-6-1-4-9-17(14)21/h1-4,6-10,13H,5,11-12H2,(H,20,24). The molecule has 2 aromatic carbocycles. The van der Waals surface area contributed by atoms with Crippen LogP contribution in [0.15, 0.2) is 70.4 Å². The lowest BCUT2D eigenvalue weighted by molar-refractivity contribution is 0.546. The fourth-order valence-corrected chi connectivity index (χ4v) is 3.14. The molecule has 0 saturated carbocycles. The number of H-pyrrole nitrogens is 1. The maximum absolute atomic E-state index is 12.5. The van der Waals surface area contributed by atoms with Crippen LogP contribution in [-0.2, 0) is 13.1 Å². The first-order chi connectivity index (χ1) is 11.7. The number of para-hydroxylation sites is 2. The van der Waals surface area contributed by atoms with Gasteiger partial charge in [-0.15, -0.1) is 0 Å². The van der Waals surface area contributed by atoms with Crippen LogP contribution >= 0.6 is 0 Å². The highest BCUT2D eigenvalue weighted by molar-refractivity contribution is 5.80. The van der Waals surface area contributed by atoms with Crippen LogP contribution in [0.25, 0.3) is 21.8 Å². The van der Waals surface area contributed by atoms with Crippen molar-refractivity contribution in [3.8, 4) is 0 Å². The number of benzene rings is 2. The number of nitrogens with zero attached hydrogens (tertiary/aromatic N) is 2. The molecule has 0 bridgehead atoms. The van der Waals surface area contributed by atoms with Gasteiger partial charge in [0, 0.05) is 24.8 Å². The Hall–Kier alpha value is -3.08. The molecule has 0 spiro atoms. The van der Waals surface area contributed by atoms with E-state index in [1.165, 1.54) is 9.95 Å². The summed E-state index contributed by atoms with van der Waals surface area (Å²) in [4.78, 5) is 27.4. The van der Waals surface area contributed by atoms with Gasteiger partial charge in [-0.1, -0.05) is 30.3 Å². The lowest BCUT2D eigenvalue weighted by Crippen LogP contribution is -2.35. The molecule has 5 nitrogen and oxygen atoms in total. The van der Waals surface area contributed by atoms with Gasteiger partial charge in [0.2, 0.25) is 0 Å². The molecule has 24 heavy (non-hydrogen) atoms. The van der Waals surface area contributed by atoms with Gasteiger partial charge < -0.3 is 9.55 Å². The summed E-state index contributed by atoms with van der Waals surface area (Å²) in [6, 6.07) is 17.3. The number of rotatable bonds is 4. The predicted molar refractivity (Wildman–Crippen MR) is 95.4 cm³/mol. The zero-order chi connectivity index (χ0) is 16.5. The first-order valence-corrected chi connectivity index (χ1v) is 8.00. The van der Waals surface area contributed by atoms with E-state index in [9.17, 15) is 9.59 Å². The van der Waals surface area contributed by atoms with E-state index in [0.29, 0.717) is 23.9 Å². The van der Waals surface area contributed by atoms with Crippen LogP contribution in [0.3, 0.4) is 0 Å². The van der Waals surface area contributed by atoms with Gasteiger partial charge in [0.25, 0.3) is 5.56 Å². The van der Waals surface area contributed by atoms with Crippen molar-refractivity contribution in [2.24, 2.45) is 0 Å². The van der Waals surface area contributed by atoms with Crippen LogP contribution in [0.1, 0.15) is 6.42 Å². The summed E-state index contributed by atoms with van der Waals surface area (Å²) in [6.07, 6.45) is 2.75. The molecule has 120 valence electrons. The van der Waals surface area contributed by atoms with Crippen molar-refractivity contribution in [2.75, 3.05) is 0 Å². The van der Waals surface area contributed by atoms with Crippen molar-refractivity contribution >= 4 is 21.8 Å². The van der Waals surface area contributed by atoms with Gasteiger partial charge in [0.15, 0.2) is 0 Å². The Labute approximate surface area is 137 Å². The summed E-state index contributed by atoms with van der Waals surface area (Å²) in [5.74, 6) is 0. The molecular formula is C19H17N3O2. The van der Waals surface area contributed by atoms with E-state index in [0.717, 1.165) is 12.1 Å². The minimum Gasteiger partial charge on any atom is -0.347 e. The first-order valence-electron chi connectivity index (χ1n) is 8.00. The highest BCUT2D eigenvalue weighted by atomic mass is 16.2. The molecule has 0 aliphatic carbocycles. The molecule has 4 aromatic rings. The lowest BCUT2D eigenvalue weighted by atomic mass is 10.2. The SMILES string of the molecule is O=c1[nH]c2ccccc2c(=O)n1CCCn1ccc2ccccc21. The number of hydrogen-bond donors (Lipinski definition) is 1. The summed E-state index contributed by atoms with van der Waals surface area (Å²) >= 11 is 0. The summed E-state index contributed by atoms with van der Waals surface area (Å²) in [7, 11) is 0. The third kappa shape index (κ3) is 2.44. The van der Waals surface area contributed by atoms with Crippen molar-refractivity contribution < 1.29 is 0 Å². The van der Waals surface area contributed by atoms with E-state index in [4.69, 9.17) is 0 Å². The molecule has 5 heteroatoms. The van der Waals surface area contributed by atoms with Gasteiger partial charge in [-0.3, -0.25) is 9.36 Å². The summed E-state index contributed by atoms with van der Waals surface area (Å²) in [5.41, 5.74) is 1.17. The third-order valence-electron chi connectivity index (χ3n) is 4.35. The smallest absolute Gasteiger partial charge is 0.328 e. The highest BCUT2D eigenvalue weighted by Crippen LogP contribution is 2.15.